The van der Waals surface area contributed by atoms with Crippen molar-refractivity contribution < 1.29 is 0 Å². The standard InChI is InChI=1S/C16H29N5/c1-4-7-17-16-11-18-15(10-19-16)13-21-8-5-14(6-9-21)12-20(2)3/h10-11,14H,4-9,12-13H2,1-3H3,(H,17,19). The van der Waals surface area contributed by atoms with E-state index >= 15 is 0 Å². The molecular formula is C16H29N5. The summed E-state index contributed by atoms with van der Waals surface area (Å²) in [4.78, 5) is 13.7. The molecule has 0 saturated carbocycles. The first-order valence-electron chi connectivity index (χ1n) is 8.09. The molecule has 0 amide bonds. The number of anilines is 1. The van der Waals surface area contributed by atoms with E-state index < -0.39 is 0 Å². The number of nitrogens with zero attached hydrogens (tertiary/aromatic N) is 4. The highest BCUT2D eigenvalue weighted by Gasteiger charge is 2.19. The van der Waals surface area contributed by atoms with Gasteiger partial charge in [-0.3, -0.25) is 9.88 Å². The number of hydrogen-bond acceptors (Lipinski definition) is 5. The number of nitrogens with one attached hydrogen (secondary N) is 1. The molecule has 0 atom stereocenters. The highest BCUT2D eigenvalue weighted by molar-refractivity contribution is 5.30. The Labute approximate surface area is 128 Å². The highest BCUT2D eigenvalue weighted by Crippen LogP contribution is 2.19. The highest BCUT2D eigenvalue weighted by atomic mass is 15.1. The van der Waals surface area contributed by atoms with E-state index in [1.165, 1.54) is 32.5 Å². The van der Waals surface area contributed by atoms with Crippen LogP contribution in [0.5, 0.6) is 0 Å². The van der Waals surface area contributed by atoms with E-state index in [1.54, 1.807) is 0 Å². The van der Waals surface area contributed by atoms with E-state index in [0.717, 1.165) is 36.9 Å². The maximum Gasteiger partial charge on any atom is 0.144 e. The minimum absolute atomic E-state index is 0.850. The molecule has 2 heterocycles. The van der Waals surface area contributed by atoms with Crippen LogP contribution in [-0.4, -0.2) is 60.0 Å². The second-order valence-corrected chi connectivity index (χ2v) is 6.30. The smallest absolute Gasteiger partial charge is 0.144 e. The van der Waals surface area contributed by atoms with Crippen molar-refractivity contribution in [3.8, 4) is 0 Å². The fourth-order valence-electron chi connectivity index (χ4n) is 2.85. The van der Waals surface area contributed by atoms with E-state index in [-0.39, 0.29) is 0 Å². The first kappa shape index (κ1) is 16.2. The summed E-state index contributed by atoms with van der Waals surface area (Å²) in [7, 11) is 4.33. The second-order valence-electron chi connectivity index (χ2n) is 6.30. The Morgan fingerprint density at radius 1 is 1.24 bits per heavy atom. The van der Waals surface area contributed by atoms with Crippen LogP contribution in [0.3, 0.4) is 0 Å². The Morgan fingerprint density at radius 3 is 2.57 bits per heavy atom. The maximum absolute atomic E-state index is 4.52. The third-order valence-electron chi connectivity index (χ3n) is 3.98. The van der Waals surface area contributed by atoms with Gasteiger partial charge in [-0.2, -0.15) is 0 Å². The van der Waals surface area contributed by atoms with Crippen LogP contribution in [0, 0.1) is 5.92 Å². The molecule has 118 valence electrons. The summed E-state index contributed by atoms with van der Waals surface area (Å²) in [5.74, 6) is 1.73. The number of aromatic nitrogens is 2. The van der Waals surface area contributed by atoms with Gasteiger partial charge >= 0.3 is 0 Å². The lowest BCUT2D eigenvalue weighted by atomic mass is 9.96. The van der Waals surface area contributed by atoms with E-state index in [4.69, 9.17) is 0 Å². The summed E-state index contributed by atoms with van der Waals surface area (Å²) in [5.41, 5.74) is 1.07. The Balaban J connectivity index is 1.75. The number of rotatable bonds is 7. The number of hydrogen-bond donors (Lipinski definition) is 1. The second kappa shape index (κ2) is 8.29. The first-order chi connectivity index (χ1) is 10.2. The van der Waals surface area contributed by atoms with Crippen LogP contribution < -0.4 is 5.32 Å². The average molecular weight is 291 g/mol. The summed E-state index contributed by atoms with van der Waals surface area (Å²) in [5, 5.41) is 3.26. The van der Waals surface area contributed by atoms with Gasteiger partial charge in [-0.1, -0.05) is 6.92 Å². The van der Waals surface area contributed by atoms with Crippen molar-refractivity contribution in [3.05, 3.63) is 18.1 Å². The molecule has 21 heavy (non-hydrogen) atoms. The Bertz CT molecular complexity index is 396. The van der Waals surface area contributed by atoms with Crippen molar-refractivity contribution in [2.24, 2.45) is 5.92 Å². The third kappa shape index (κ3) is 5.59. The normalized spacial score (nSPS) is 17.3. The van der Waals surface area contributed by atoms with Gasteiger partial charge < -0.3 is 10.2 Å². The van der Waals surface area contributed by atoms with E-state index in [1.807, 2.05) is 12.4 Å². The fourth-order valence-corrected chi connectivity index (χ4v) is 2.85. The Morgan fingerprint density at radius 2 is 2.00 bits per heavy atom. The molecule has 1 aromatic rings. The van der Waals surface area contributed by atoms with Crippen LogP contribution in [0.15, 0.2) is 12.4 Å². The molecule has 0 bridgehead atoms. The lowest BCUT2D eigenvalue weighted by molar-refractivity contribution is 0.155. The van der Waals surface area contributed by atoms with Gasteiger partial charge in [-0.05, 0) is 52.4 Å². The molecule has 1 aliphatic heterocycles. The summed E-state index contributed by atoms with van der Waals surface area (Å²) in [6.45, 7) is 7.59. The Kier molecular flexibility index (Phi) is 6.39. The van der Waals surface area contributed by atoms with Crippen LogP contribution in [0.4, 0.5) is 5.82 Å². The lowest BCUT2D eigenvalue weighted by Crippen LogP contribution is -2.36. The molecule has 1 aliphatic rings. The molecule has 0 unspecified atom stereocenters. The SMILES string of the molecule is CCCNc1cnc(CN2CCC(CN(C)C)CC2)cn1. The topological polar surface area (TPSA) is 44.3 Å². The molecule has 2 rings (SSSR count). The molecule has 0 radical (unpaired) electrons. The predicted molar refractivity (Wildman–Crippen MR) is 87.4 cm³/mol. The molecule has 5 heteroatoms. The number of likely N-dealkylation sites (tertiary alicyclic amines) is 1. The van der Waals surface area contributed by atoms with Gasteiger partial charge in [-0.25, -0.2) is 4.98 Å². The molecule has 1 N–H and O–H groups in total. The summed E-state index contributed by atoms with van der Waals surface area (Å²) in [6.07, 6.45) is 7.45. The van der Waals surface area contributed by atoms with Crippen molar-refractivity contribution >= 4 is 5.82 Å². The number of piperidine rings is 1. The summed E-state index contributed by atoms with van der Waals surface area (Å²) >= 11 is 0. The largest absolute Gasteiger partial charge is 0.369 e. The van der Waals surface area contributed by atoms with Crippen molar-refractivity contribution in [2.75, 3.05) is 45.6 Å². The van der Waals surface area contributed by atoms with Crippen molar-refractivity contribution in [2.45, 2.75) is 32.7 Å². The van der Waals surface area contributed by atoms with Crippen LogP contribution in [0.25, 0.3) is 0 Å². The van der Waals surface area contributed by atoms with Crippen LogP contribution in [0.1, 0.15) is 31.9 Å². The van der Waals surface area contributed by atoms with Crippen molar-refractivity contribution in [3.63, 3.8) is 0 Å². The summed E-state index contributed by atoms with van der Waals surface area (Å²) < 4.78 is 0. The molecule has 1 saturated heterocycles. The fraction of sp³-hybridized carbons (Fsp3) is 0.750. The molecule has 5 nitrogen and oxygen atoms in total. The minimum Gasteiger partial charge on any atom is -0.369 e. The van der Waals surface area contributed by atoms with Crippen LogP contribution >= 0.6 is 0 Å². The molecule has 1 aromatic heterocycles. The van der Waals surface area contributed by atoms with Gasteiger partial charge in [0.2, 0.25) is 0 Å². The molecule has 1 fully saturated rings. The van der Waals surface area contributed by atoms with Gasteiger partial charge in [-0.15, -0.1) is 0 Å². The monoisotopic (exact) mass is 291 g/mol. The maximum atomic E-state index is 4.52. The lowest BCUT2D eigenvalue weighted by Gasteiger charge is -2.32. The Hall–Kier alpha value is -1.20. The first-order valence-corrected chi connectivity index (χ1v) is 8.09. The van der Waals surface area contributed by atoms with E-state index in [2.05, 4.69) is 46.1 Å². The van der Waals surface area contributed by atoms with Gasteiger partial charge in [0, 0.05) is 19.6 Å². The van der Waals surface area contributed by atoms with Gasteiger partial charge in [0.15, 0.2) is 0 Å². The third-order valence-corrected chi connectivity index (χ3v) is 3.98. The van der Waals surface area contributed by atoms with Crippen LogP contribution in [-0.2, 0) is 6.54 Å². The van der Waals surface area contributed by atoms with Crippen LogP contribution in [0.2, 0.25) is 0 Å². The summed E-state index contributed by atoms with van der Waals surface area (Å²) in [6, 6.07) is 0. The van der Waals surface area contributed by atoms with Gasteiger partial charge in [0.05, 0.1) is 18.1 Å². The zero-order valence-electron chi connectivity index (χ0n) is 13.7. The van der Waals surface area contributed by atoms with Gasteiger partial charge in [0.25, 0.3) is 0 Å². The zero-order valence-corrected chi connectivity index (χ0v) is 13.7. The molecule has 0 spiro atoms. The van der Waals surface area contributed by atoms with Crippen molar-refractivity contribution in [1.82, 2.24) is 19.8 Å². The van der Waals surface area contributed by atoms with Crippen molar-refractivity contribution in [1.29, 1.82) is 0 Å². The zero-order chi connectivity index (χ0) is 15.1. The van der Waals surface area contributed by atoms with E-state index in [0.29, 0.717) is 0 Å². The molecule has 0 aliphatic carbocycles. The van der Waals surface area contributed by atoms with Gasteiger partial charge in [0.1, 0.15) is 5.82 Å². The quantitative estimate of drug-likeness (QED) is 0.833. The predicted octanol–water partition coefficient (Wildman–Crippen LogP) is 2.07. The molecular weight excluding hydrogens is 262 g/mol. The average Bonchev–Trinajstić information content (AvgIpc) is 2.48. The van der Waals surface area contributed by atoms with E-state index in [9.17, 15) is 0 Å². The molecule has 0 aromatic carbocycles. The minimum atomic E-state index is 0.850.